The van der Waals surface area contributed by atoms with Gasteiger partial charge in [0.25, 0.3) is 5.91 Å². The van der Waals surface area contributed by atoms with E-state index in [-0.39, 0.29) is 11.7 Å². The molecule has 0 atom stereocenters. The highest BCUT2D eigenvalue weighted by atomic mass is 16.2. The number of aromatic nitrogens is 3. The molecule has 0 bridgehead atoms. The lowest BCUT2D eigenvalue weighted by molar-refractivity contribution is 0.101. The van der Waals surface area contributed by atoms with Crippen LogP contribution in [0.25, 0.3) is 27.8 Å². The average Bonchev–Trinajstić information content (AvgIpc) is 3.26. The van der Waals surface area contributed by atoms with Crippen molar-refractivity contribution in [2.75, 3.05) is 5.32 Å². The van der Waals surface area contributed by atoms with Gasteiger partial charge in [-0.05, 0) is 43.0 Å². The summed E-state index contributed by atoms with van der Waals surface area (Å²) in [7, 11) is 0. The van der Waals surface area contributed by atoms with Gasteiger partial charge in [-0.25, -0.2) is 9.67 Å². The van der Waals surface area contributed by atoms with Crippen molar-refractivity contribution in [3.05, 3.63) is 108 Å². The molecule has 5 nitrogen and oxygen atoms in total. The maximum atomic E-state index is 13.2. The van der Waals surface area contributed by atoms with Gasteiger partial charge < -0.3 is 5.32 Å². The number of aryl methyl sites for hydroxylation is 2. The van der Waals surface area contributed by atoms with E-state index in [1.54, 1.807) is 4.68 Å². The molecule has 0 aliphatic carbocycles. The number of carbonyl (C=O) groups is 1. The molecule has 5 heteroatoms. The third kappa shape index (κ3) is 3.76. The zero-order chi connectivity index (χ0) is 22.1. The molecule has 0 fully saturated rings. The quantitative estimate of drug-likeness (QED) is 0.392. The molecule has 0 radical (unpaired) electrons. The number of amides is 1. The Kier molecular flexibility index (Phi) is 5.00. The molecule has 0 saturated heterocycles. The highest BCUT2D eigenvalue weighted by Gasteiger charge is 2.19. The lowest BCUT2D eigenvalue weighted by Crippen LogP contribution is -2.14. The van der Waals surface area contributed by atoms with Crippen molar-refractivity contribution in [1.82, 2.24) is 14.8 Å². The molecule has 32 heavy (non-hydrogen) atoms. The molecular formula is C27H22N4O. The van der Waals surface area contributed by atoms with Crippen LogP contribution in [-0.2, 0) is 0 Å². The average molecular weight is 419 g/mol. The van der Waals surface area contributed by atoms with E-state index in [0.29, 0.717) is 5.82 Å². The first-order chi connectivity index (χ1) is 15.6. The summed E-state index contributed by atoms with van der Waals surface area (Å²) in [6, 6.07) is 29.8. The van der Waals surface area contributed by atoms with Gasteiger partial charge in [-0.15, -0.1) is 5.10 Å². The van der Waals surface area contributed by atoms with Gasteiger partial charge in [0.15, 0.2) is 5.82 Å². The van der Waals surface area contributed by atoms with Crippen molar-refractivity contribution in [3.63, 3.8) is 0 Å². The summed E-state index contributed by atoms with van der Waals surface area (Å²) in [4.78, 5) is 17.8. The van der Waals surface area contributed by atoms with E-state index in [9.17, 15) is 4.79 Å². The third-order valence-electron chi connectivity index (χ3n) is 5.40. The zero-order valence-electron chi connectivity index (χ0n) is 17.9. The molecule has 0 saturated carbocycles. The van der Waals surface area contributed by atoms with Crippen LogP contribution < -0.4 is 5.32 Å². The van der Waals surface area contributed by atoms with Crippen LogP contribution in [0.15, 0.2) is 91.0 Å². The highest BCUT2D eigenvalue weighted by Crippen LogP contribution is 2.25. The number of fused-ring (bicyclic) bond motifs is 1. The van der Waals surface area contributed by atoms with Crippen molar-refractivity contribution < 1.29 is 4.79 Å². The van der Waals surface area contributed by atoms with Gasteiger partial charge in [-0.2, -0.15) is 0 Å². The first-order valence-corrected chi connectivity index (χ1v) is 10.5. The summed E-state index contributed by atoms with van der Waals surface area (Å²) in [6.07, 6.45) is 0. The van der Waals surface area contributed by atoms with Crippen LogP contribution >= 0.6 is 0 Å². The van der Waals surface area contributed by atoms with Gasteiger partial charge in [0.05, 0.1) is 5.69 Å². The summed E-state index contributed by atoms with van der Waals surface area (Å²) < 4.78 is 1.73. The molecule has 0 unspecified atom stereocenters. The van der Waals surface area contributed by atoms with Crippen LogP contribution in [0.2, 0.25) is 0 Å². The highest BCUT2D eigenvalue weighted by molar-refractivity contribution is 6.07. The molecule has 156 valence electrons. The fraction of sp³-hybridized carbons (Fsp3) is 0.0741. The van der Waals surface area contributed by atoms with E-state index < -0.39 is 0 Å². The maximum Gasteiger partial charge on any atom is 0.295 e. The van der Waals surface area contributed by atoms with Crippen LogP contribution in [0.5, 0.6) is 0 Å². The summed E-state index contributed by atoms with van der Waals surface area (Å²) in [5.74, 6) is 0.398. The van der Waals surface area contributed by atoms with Crippen molar-refractivity contribution >= 4 is 22.4 Å². The van der Waals surface area contributed by atoms with Gasteiger partial charge in [0.2, 0.25) is 5.82 Å². The number of carbonyl (C=O) groups excluding carboxylic acids is 1. The number of anilines is 1. The number of nitrogens with zero attached hydrogens (tertiary/aromatic N) is 3. The second-order valence-electron chi connectivity index (χ2n) is 7.86. The Morgan fingerprint density at radius 2 is 1.56 bits per heavy atom. The first-order valence-electron chi connectivity index (χ1n) is 10.5. The molecule has 0 aliphatic heterocycles. The molecule has 1 N–H and O–H groups in total. The second kappa shape index (κ2) is 8.12. The van der Waals surface area contributed by atoms with E-state index in [2.05, 4.69) is 15.4 Å². The van der Waals surface area contributed by atoms with Crippen LogP contribution in [0.4, 0.5) is 5.69 Å². The Bertz CT molecular complexity index is 1430. The minimum absolute atomic E-state index is 0.120. The van der Waals surface area contributed by atoms with Crippen molar-refractivity contribution in [3.8, 4) is 17.1 Å². The van der Waals surface area contributed by atoms with E-state index in [0.717, 1.165) is 38.8 Å². The SMILES string of the molecule is Cc1ccc(-c2nc(C(=O)Nc3cccc4ccccc34)nn2-c2cccc(C)c2)cc1. The van der Waals surface area contributed by atoms with Crippen molar-refractivity contribution in [2.24, 2.45) is 0 Å². The predicted molar refractivity (Wildman–Crippen MR) is 128 cm³/mol. The van der Waals surface area contributed by atoms with E-state index >= 15 is 0 Å². The second-order valence-corrected chi connectivity index (χ2v) is 7.86. The topological polar surface area (TPSA) is 59.8 Å². The van der Waals surface area contributed by atoms with Gasteiger partial charge in [-0.1, -0.05) is 78.4 Å². The van der Waals surface area contributed by atoms with E-state index in [1.807, 2.05) is 105 Å². The van der Waals surface area contributed by atoms with E-state index in [1.165, 1.54) is 0 Å². The molecule has 0 aliphatic rings. The Morgan fingerprint density at radius 1 is 0.812 bits per heavy atom. The Balaban J connectivity index is 1.57. The van der Waals surface area contributed by atoms with Crippen LogP contribution in [0.1, 0.15) is 21.7 Å². The molecule has 1 amide bonds. The number of rotatable bonds is 4. The van der Waals surface area contributed by atoms with Crippen LogP contribution in [0, 0.1) is 13.8 Å². The molecule has 4 aromatic carbocycles. The fourth-order valence-corrected chi connectivity index (χ4v) is 3.75. The Hall–Kier alpha value is -4.25. The smallest absolute Gasteiger partial charge is 0.295 e. The van der Waals surface area contributed by atoms with Gasteiger partial charge in [0.1, 0.15) is 0 Å². The molecule has 5 aromatic rings. The Morgan fingerprint density at radius 3 is 2.38 bits per heavy atom. The van der Waals surface area contributed by atoms with Gasteiger partial charge >= 0.3 is 0 Å². The largest absolute Gasteiger partial charge is 0.319 e. The Labute approximate surface area is 186 Å². The first kappa shape index (κ1) is 19.7. The lowest BCUT2D eigenvalue weighted by Gasteiger charge is -2.07. The summed E-state index contributed by atoms with van der Waals surface area (Å²) in [5, 5.41) is 9.61. The predicted octanol–water partition coefficient (Wildman–Crippen LogP) is 5.96. The fourth-order valence-electron chi connectivity index (χ4n) is 3.75. The summed E-state index contributed by atoms with van der Waals surface area (Å²) in [6.45, 7) is 4.07. The van der Waals surface area contributed by atoms with Crippen LogP contribution in [0.3, 0.4) is 0 Å². The summed E-state index contributed by atoms with van der Waals surface area (Å²) in [5.41, 5.74) is 4.75. The minimum Gasteiger partial charge on any atom is -0.319 e. The number of hydrogen-bond acceptors (Lipinski definition) is 3. The molecule has 1 heterocycles. The van der Waals surface area contributed by atoms with Crippen molar-refractivity contribution in [1.29, 1.82) is 0 Å². The van der Waals surface area contributed by atoms with Gasteiger partial charge in [-0.3, -0.25) is 4.79 Å². The number of hydrogen-bond donors (Lipinski definition) is 1. The molecular weight excluding hydrogens is 396 g/mol. The molecule has 0 spiro atoms. The van der Waals surface area contributed by atoms with Crippen LogP contribution in [-0.4, -0.2) is 20.7 Å². The number of benzene rings is 4. The summed E-state index contributed by atoms with van der Waals surface area (Å²) >= 11 is 0. The number of nitrogens with one attached hydrogen (secondary N) is 1. The molecule has 5 rings (SSSR count). The standard InChI is InChI=1S/C27H22N4O/c1-18-13-15-21(16-14-18)26-29-25(30-31(26)22-10-5-7-19(2)17-22)27(32)28-24-12-6-9-20-8-3-4-11-23(20)24/h3-17H,1-2H3,(H,28,32). The van der Waals surface area contributed by atoms with Gasteiger partial charge in [0, 0.05) is 16.6 Å². The lowest BCUT2D eigenvalue weighted by atomic mass is 10.1. The monoisotopic (exact) mass is 418 g/mol. The molecule has 1 aromatic heterocycles. The minimum atomic E-state index is -0.346. The van der Waals surface area contributed by atoms with E-state index in [4.69, 9.17) is 0 Å². The normalized spacial score (nSPS) is 10.9. The zero-order valence-corrected chi connectivity index (χ0v) is 17.9. The maximum absolute atomic E-state index is 13.2. The van der Waals surface area contributed by atoms with Crippen molar-refractivity contribution in [2.45, 2.75) is 13.8 Å². The third-order valence-corrected chi connectivity index (χ3v) is 5.40.